The van der Waals surface area contributed by atoms with Crippen molar-refractivity contribution in [1.82, 2.24) is 9.97 Å². The lowest BCUT2D eigenvalue weighted by Gasteiger charge is -2.10. The Morgan fingerprint density at radius 2 is 0.958 bits per heavy atom. The maximum Gasteiger partial charge on any atom is 0.116 e. The molecule has 0 fully saturated rings. The topological polar surface area (TPSA) is 25.8 Å². The molecule has 3 aromatic rings. The molecule has 0 radical (unpaired) electrons. The molecule has 0 aliphatic heterocycles. The van der Waals surface area contributed by atoms with E-state index < -0.39 is 0 Å². The smallest absolute Gasteiger partial charge is 0.116 e. The van der Waals surface area contributed by atoms with Crippen LogP contribution in [0.1, 0.15) is 0 Å². The second kappa shape index (κ2) is 7.25. The van der Waals surface area contributed by atoms with Crippen LogP contribution in [0.5, 0.6) is 0 Å². The number of rotatable bonds is 2. The van der Waals surface area contributed by atoms with E-state index in [0.717, 1.165) is 0 Å². The third-order valence-corrected chi connectivity index (χ3v) is 5.25. The van der Waals surface area contributed by atoms with Gasteiger partial charge in [-0.2, -0.15) is 0 Å². The molecule has 0 aliphatic carbocycles. The van der Waals surface area contributed by atoms with E-state index in [1.807, 2.05) is 0 Å². The van der Waals surface area contributed by atoms with Crippen LogP contribution in [0.25, 0.3) is 22.5 Å². The van der Waals surface area contributed by atoms with Crippen molar-refractivity contribution in [3.63, 3.8) is 0 Å². The third-order valence-electron chi connectivity index (χ3n) is 3.20. The van der Waals surface area contributed by atoms with Gasteiger partial charge in [0, 0.05) is 21.2 Å². The van der Waals surface area contributed by atoms with Crippen LogP contribution in [0, 0.1) is 0 Å². The molecule has 24 heavy (non-hydrogen) atoms. The first kappa shape index (κ1) is 18.1. The van der Waals surface area contributed by atoms with E-state index in [0.29, 0.717) is 52.7 Å². The highest BCUT2D eigenvalue weighted by Crippen LogP contribution is 2.39. The molecular weight excluding hydrogens is 433 g/mol. The summed E-state index contributed by atoms with van der Waals surface area (Å²) in [5, 5.41) is 2.26. The molecule has 1 aromatic heterocycles. The van der Waals surface area contributed by atoms with Gasteiger partial charge in [0.1, 0.15) is 6.33 Å². The summed E-state index contributed by atoms with van der Waals surface area (Å²) >= 11 is 36.8. The number of aromatic nitrogens is 2. The zero-order chi connectivity index (χ0) is 17.4. The first-order chi connectivity index (χ1) is 11.4. The highest BCUT2D eigenvalue weighted by molar-refractivity contribution is 6.45. The van der Waals surface area contributed by atoms with E-state index in [9.17, 15) is 0 Å². The van der Waals surface area contributed by atoms with E-state index in [1.165, 1.54) is 6.33 Å². The first-order valence-corrected chi connectivity index (χ1v) is 8.75. The maximum absolute atomic E-state index is 6.26. The van der Waals surface area contributed by atoms with Crippen molar-refractivity contribution in [2.45, 2.75) is 0 Å². The van der Waals surface area contributed by atoms with E-state index in [2.05, 4.69) is 9.97 Å². The van der Waals surface area contributed by atoms with Crippen LogP contribution in [0.15, 0.2) is 36.7 Å². The van der Waals surface area contributed by atoms with E-state index in [4.69, 9.17) is 69.6 Å². The summed E-state index contributed by atoms with van der Waals surface area (Å²) in [6.45, 7) is 0. The minimum absolute atomic E-state index is 0.336. The Labute approximate surface area is 168 Å². The Bertz CT molecular complexity index is 869. The lowest BCUT2D eigenvalue weighted by molar-refractivity contribution is 1.18. The zero-order valence-corrected chi connectivity index (χ0v) is 16.2. The van der Waals surface area contributed by atoms with Gasteiger partial charge in [0.25, 0.3) is 0 Å². The largest absolute Gasteiger partial charge is 0.236 e. The van der Waals surface area contributed by atoms with E-state index in [-0.39, 0.29) is 0 Å². The average Bonchev–Trinajstić information content (AvgIpc) is 2.54. The Morgan fingerprint density at radius 1 is 0.542 bits per heavy atom. The monoisotopic (exact) mass is 436 g/mol. The summed E-state index contributed by atoms with van der Waals surface area (Å²) in [7, 11) is 0. The summed E-state index contributed by atoms with van der Waals surface area (Å²) in [6, 6.07) is 8.18. The van der Waals surface area contributed by atoms with E-state index >= 15 is 0 Å². The maximum atomic E-state index is 6.26. The molecule has 3 rings (SSSR count). The average molecular weight is 439 g/mol. The predicted molar refractivity (Wildman–Crippen MR) is 103 cm³/mol. The molecule has 0 N–H and O–H groups in total. The molecule has 0 unspecified atom stereocenters. The molecule has 0 saturated carbocycles. The fourth-order valence-corrected chi connectivity index (χ4v) is 3.54. The van der Waals surface area contributed by atoms with Crippen molar-refractivity contribution in [3.05, 3.63) is 66.8 Å². The second-order valence-corrected chi connectivity index (χ2v) is 7.23. The van der Waals surface area contributed by atoms with Crippen LogP contribution in [0.2, 0.25) is 30.1 Å². The highest BCUT2D eigenvalue weighted by atomic mass is 35.5. The van der Waals surface area contributed by atoms with Crippen molar-refractivity contribution in [3.8, 4) is 22.5 Å². The number of benzene rings is 2. The van der Waals surface area contributed by atoms with Crippen LogP contribution in [0.4, 0.5) is 0 Å². The normalized spacial score (nSPS) is 10.9. The lowest BCUT2D eigenvalue weighted by atomic mass is 10.1. The molecular formula is C16H6Cl6N2. The predicted octanol–water partition coefficient (Wildman–Crippen LogP) is 7.73. The summed E-state index contributed by atoms with van der Waals surface area (Å²) in [5.74, 6) is 0. The van der Waals surface area contributed by atoms with Crippen molar-refractivity contribution >= 4 is 69.6 Å². The molecule has 8 heteroatoms. The fourth-order valence-electron chi connectivity index (χ4n) is 2.14. The van der Waals surface area contributed by atoms with Gasteiger partial charge in [-0.3, -0.25) is 0 Å². The molecule has 0 bridgehead atoms. The van der Waals surface area contributed by atoms with Gasteiger partial charge in [0.15, 0.2) is 0 Å². The molecule has 0 aliphatic rings. The van der Waals surface area contributed by atoms with Crippen molar-refractivity contribution in [2.75, 3.05) is 0 Å². The van der Waals surface area contributed by atoms with Crippen molar-refractivity contribution < 1.29 is 0 Å². The number of halogens is 6. The van der Waals surface area contributed by atoms with Crippen molar-refractivity contribution in [1.29, 1.82) is 0 Å². The van der Waals surface area contributed by atoms with Crippen LogP contribution < -0.4 is 0 Å². The van der Waals surface area contributed by atoms with Gasteiger partial charge < -0.3 is 0 Å². The minimum Gasteiger partial charge on any atom is -0.236 e. The lowest BCUT2D eigenvalue weighted by Crippen LogP contribution is -1.92. The second-order valence-electron chi connectivity index (χ2n) is 4.79. The quantitative estimate of drug-likeness (QED) is 0.382. The van der Waals surface area contributed by atoms with Gasteiger partial charge in [-0.1, -0.05) is 69.6 Å². The molecule has 2 aromatic carbocycles. The fraction of sp³-hybridized carbons (Fsp3) is 0. The SMILES string of the molecule is Clc1cc(Cl)c(Cl)c(-c2cc(-c3cc(Cl)cc(Cl)c3Cl)ncn2)c1. The minimum atomic E-state index is 0.336. The van der Waals surface area contributed by atoms with Gasteiger partial charge in [0.2, 0.25) is 0 Å². The molecule has 2 nitrogen and oxygen atoms in total. The molecule has 0 saturated heterocycles. The van der Waals surface area contributed by atoms with Gasteiger partial charge in [0.05, 0.1) is 31.5 Å². The van der Waals surface area contributed by atoms with Crippen LogP contribution in [-0.4, -0.2) is 9.97 Å². The first-order valence-electron chi connectivity index (χ1n) is 6.48. The Hall–Kier alpha value is -0.740. The Morgan fingerprint density at radius 3 is 1.38 bits per heavy atom. The summed E-state index contributed by atoms with van der Waals surface area (Å²) < 4.78 is 0. The van der Waals surface area contributed by atoms with Gasteiger partial charge in [-0.15, -0.1) is 0 Å². The van der Waals surface area contributed by atoms with Crippen LogP contribution >= 0.6 is 69.6 Å². The summed E-state index contributed by atoms with van der Waals surface area (Å²) in [4.78, 5) is 8.46. The standard InChI is InChI=1S/C16H6Cl6N2/c17-7-1-9(15(21)11(19)3-7)13-5-14(24-6-23-13)10-2-8(18)4-12(20)16(10)22/h1-6H. The number of hydrogen-bond acceptors (Lipinski definition) is 2. The van der Waals surface area contributed by atoms with E-state index in [1.54, 1.807) is 30.3 Å². The molecule has 122 valence electrons. The van der Waals surface area contributed by atoms with Crippen molar-refractivity contribution in [2.24, 2.45) is 0 Å². The van der Waals surface area contributed by atoms with Gasteiger partial charge >= 0.3 is 0 Å². The molecule has 0 amide bonds. The Balaban J connectivity index is 2.18. The third kappa shape index (κ3) is 3.60. The highest BCUT2D eigenvalue weighted by Gasteiger charge is 2.15. The number of nitrogens with zero attached hydrogens (tertiary/aromatic N) is 2. The molecule has 1 heterocycles. The molecule has 0 atom stereocenters. The number of hydrogen-bond donors (Lipinski definition) is 0. The molecule has 0 spiro atoms. The summed E-state index contributed by atoms with van der Waals surface area (Å²) in [6.07, 6.45) is 1.39. The van der Waals surface area contributed by atoms with Crippen LogP contribution in [-0.2, 0) is 0 Å². The zero-order valence-electron chi connectivity index (χ0n) is 11.6. The Kier molecular flexibility index (Phi) is 5.45. The summed E-state index contributed by atoms with van der Waals surface area (Å²) in [5.41, 5.74) is 2.26. The van der Waals surface area contributed by atoms with Gasteiger partial charge in [-0.25, -0.2) is 9.97 Å². The van der Waals surface area contributed by atoms with Crippen LogP contribution in [0.3, 0.4) is 0 Å². The van der Waals surface area contributed by atoms with Gasteiger partial charge in [-0.05, 0) is 30.3 Å².